The van der Waals surface area contributed by atoms with Crippen LogP contribution < -0.4 is 0 Å². The van der Waals surface area contributed by atoms with E-state index in [4.69, 9.17) is 0 Å². The zero-order valence-corrected chi connectivity index (χ0v) is 14.9. The number of fused-ring (bicyclic) bond motifs is 5. The van der Waals surface area contributed by atoms with Crippen LogP contribution in [-0.2, 0) is 9.59 Å². The lowest BCUT2D eigenvalue weighted by atomic mass is 9.47. The van der Waals surface area contributed by atoms with Crippen LogP contribution in [-0.4, -0.2) is 11.6 Å². The summed E-state index contributed by atoms with van der Waals surface area (Å²) in [7, 11) is 0. The van der Waals surface area contributed by atoms with Gasteiger partial charge in [0.15, 0.2) is 5.78 Å². The molecule has 0 aromatic rings. The van der Waals surface area contributed by atoms with Crippen molar-refractivity contribution in [3.05, 3.63) is 11.6 Å². The third kappa shape index (κ3) is 2.06. The van der Waals surface area contributed by atoms with E-state index >= 15 is 0 Å². The molecule has 0 aromatic carbocycles. The Morgan fingerprint density at radius 3 is 2.57 bits per heavy atom. The molecule has 3 saturated carbocycles. The highest BCUT2D eigenvalue weighted by Crippen LogP contribution is 2.66. The summed E-state index contributed by atoms with van der Waals surface area (Å²) in [6, 6.07) is 0. The first-order chi connectivity index (χ1) is 10.9. The van der Waals surface area contributed by atoms with Gasteiger partial charge in [0, 0.05) is 12.3 Å². The lowest BCUT2D eigenvalue weighted by Gasteiger charge is -2.58. The number of rotatable bonds is 1. The van der Waals surface area contributed by atoms with Crippen LogP contribution in [0.2, 0.25) is 0 Å². The van der Waals surface area contributed by atoms with Gasteiger partial charge < -0.3 is 0 Å². The van der Waals surface area contributed by atoms with Crippen molar-refractivity contribution < 1.29 is 9.59 Å². The summed E-state index contributed by atoms with van der Waals surface area (Å²) in [5, 5.41) is 0. The van der Waals surface area contributed by atoms with Crippen LogP contribution in [0, 0.1) is 34.5 Å². The van der Waals surface area contributed by atoms with E-state index < -0.39 is 0 Å². The maximum absolute atomic E-state index is 12.1. The lowest BCUT2D eigenvalue weighted by molar-refractivity contribution is -0.128. The van der Waals surface area contributed by atoms with Crippen molar-refractivity contribution in [3.8, 4) is 0 Å². The molecule has 0 unspecified atom stereocenters. The van der Waals surface area contributed by atoms with E-state index in [-0.39, 0.29) is 10.8 Å². The van der Waals surface area contributed by atoms with Gasteiger partial charge in [-0.3, -0.25) is 9.59 Å². The number of allylic oxidation sites excluding steroid dienone is 1. The van der Waals surface area contributed by atoms with Crippen molar-refractivity contribution in [2.75, 3.05) is 0 Å². The minimum Gasteiger partial charge on any atom is -0.300 e. The van der Waals surface area contributed by atoms with Crippen LogP contribution in [0.3, 0.4) is 0 Å². The first-order valence-corrected chi connectivity index (χ1v) is 9.60. The van der Waals surface area contributed by atoms with E-state index in [0.29, 0.717) is 17.5 Å². The van der Waals surface area contributed by atoms with Crippen LogP contribution in [0.15, 0.2) is 11.6 Å². The Balaban J connectivity index is 1.67. The minimum atomic E-state index is 0.245. The van der Waals surface area contributed by atoms with Crippen molar-refractivity contribution in [2.24, 2.45) is 34.5 Å². The topological polar surface area (TPSA) is 34.1 Å². The molecule has 0 heterocycles. The van der Waals surface area contributed by atoms with Gasteiger partial charge in [-0.15, -0.1) is 0 Å². The molecule has 0 radical (unpaired) electrons. The van der Waals surface area contributed by atoms with E-state index in [2.05, 4.69) is 13.8 Å². The summed E-state index contributed by atoms with van der Waals surface area (Å²) >= 11 is 0. The fraction of sp³-hybridized carbons (Fsp3) is 0.810. The number of carbonyl (C=O) groups is 2. The third-order valence-electron chi connectivity index (χ3n) is 8.45. The predicted octanol–water partition coefficient (Wildman–Crippen LogP) is 4.72. The van der Waals surface area contributed by atoms with E-state index in [9.17, 15) is 9.59 Å². The standard InChI is InChI=1S/C21H30O2/c1-13(22)17-6-7-18-16-5-4-14-12-15(23)8-10-20(14,2)19(16)9-11-21(17,18)3/h12,16-19H,4-11H2,1-3H3/t16-,17-,18+,19+,20-,21-/m1/s1. The zero-order chi connectivity index (χ0) is 16.4. The quantitative estimate of drug-likeness (QED) is 0.701. The second-order valence-corrected chi connectivity index (χ2v) is 9.25. The molecule has 23 heavy (non-hydrogen) atoms. The lowest BCUT2D eigenvalue weighted by Crippen LogP contribution is -2.51. The average Bonchev–Trinajstić information content (AvgIpc) is 2.85. The van der Waals surface area contributed by atoms with Gasteiger partial charge in [0.2, 0.25) is 0 Å². The Morgan fingerprint density at radius 1 is 1.04 bits per heavy atom. The van der Waals surface area contributed by atoms with Crippen molar-refractivity contribution in [2.45, 2.75) is 72.1 Å². The van der Waals surface area contributed by atoms with Crippen LogP contribution in [0.4, 0.5) is 0 Å². The van der Waals surface area contributed by atoms with E-state index in [0.717, 1.165) is 43.4 Å². The Morgan fingerprint density at radius 2 is 1.83 bits per heavy atom. The Hall–Kier alpha value is -0.920. The molecule has 0 bridgehead atoms. The molecular weight excluding hydrogens is 284 g/mol. The molecule has 4 aliphatic carbocycles. The number of carbonyl (C=O) groups excluding carboxylic acids is 2. The summed E-state index contributed by atoms with van der Waals surface area (Å²) in [5.74, 6) is 3.29. The Kier molecular flexibility index (Phi) is 3.42. The average molecular weight is 314 g/mol. The highest BCUT2D eigenvalue weighted by atomic mass is 16.1. The molecule has 4 aliphatic rings. The molecule has 4 rings (SSSR count). The Bertz CT molecular complexity index is 589. The summed E-state index contributed by atoms with van der Waals surface area (Å²) in [6.45, 7) is 6.65. The SMILES string of the molecule is CC(=O)[C@H]1CC[C@H]2[C@H]3CCC4=CC(=O)CC[C@@]4(C)[C@H]3CC[C@]12C. The minimum absolute atomic E-state index is 0.245. The molecule has 0 amide bonds. The van der Waals surface area contributed by atoms with Gasteiger partial charge in [0.25, 0.3) is 0 Å². The molecule has 0 N–H and O–H groups in total. The number of hydrogen-bond acceptors (Lipinski definition) is 2. The smallest absolute Gasteiger partial charge is 0.155 e. The first kappa shape index (κ1) is 15.6. The number of Topliss-reactive ketones (excluding diaryl/α,β-unsaturated/α-hetero) is 1. The van der Waals surface area contributed by atoms with Crippen molar-refractivity contribution in [1.29, 1.82) is 0 Å². The maximum atomic E-state index is 12.1. The van der Waals surface area contributed by atoms with Crippen LogP contribution in [0.25, 0.3) is 0 Å². The highest BCUT2D eigenvalue weighted by molar-refractivity contribution is 5.91. The molecule has 3 fully saturated rings. The summed E-state index contributed by atoms with van der Waals surface area (Å²) in [4.78, 5) is 24.0. The summed E-state index contributed by atoms with van der Waals surface area (Å²) in [6.07, 6.45) is 10.9. The van der Waals surface area contributed by atoms with Crippen molar-refractivity contribution >= 4 is 11.6 Å². The van der Waals surface area contributed by atoms with Gasteiger partial charge >= 0.3 is 0 Å². The molecule has 0 saturated heterocycles. The van der Waals surface area contributed by atoms with Crippen LogP contribution in [0.1, 0.15) is 72.1 Å². The van der Waals surface area contributed by atoms with Crippen molar-refractivity contribution in [1.82, 2.24) is 0 Å². The molecule has 2 nitrogen and oxygen atoms in total. The van der Waals surface area contributed by atoms with Gasteiger partial charge in [-0.05, 0) is 86.5 Å². The van der Waals surface area contributed by atoms with Gasteiger partial charge in [0.1, 0.15) is 5.78 Å². The fourth-order valence-corrected chi connectivity index (χ4v) is 7.23. The monoisotopic (exact) mass is 314 g/mol. The van der Waals surface area contributed by atoms with Crippen LogP contribution in [0.5, 0.6) is 0 Å². The highest BCUT2D eigenvalue weighted by Gasteiger charge is 2.59. The normalized spacial score (nSPS) is 49.0. The fourth-order valence-electron chi connectivity index (χ4n) is 7.23. The third-order valence-corrected chi connectivity index (χ3v) is 8.45. The summed E-state index contributed by atoms with van der Waals surface area (Å²) in [5.41, 5.74) is 1.95. The maximum Gasteiger partial charge on any atom is 0.155 e. The molecule has 0 spiro atoms. The molecule has 2 heteroatoms. The molecule has 6 atom stereocenters. The van der Waals surface area contributed by atoms with E-state index in [1.807, 2.05) is 6.08 Å². The Labute approximate surface area is 140 Å². The zero-order valence-electron chi connectivity index (χ0n) is 14.9. The molecular formula is C21H30O2. The molecule has 0 aliphatic heterocycles. The van der Waals surface area contributed by atoms with Gasteiger partial charge in [-0.2, -0.15) is 0 Å². The van der Waals surface area contributed by atoms with E-state index in [1.165, 1.54) is 31.3 Å². The first-order valence-electron chi connectivity index (χ1n) is 9.60. The number of hydrogen-bond donors (Lipinski definition) is 0. The van der Waals surface area contributed by atoms with Gasteiger partial charge in [0.05, 0.1) is 0 Å². The largest absolute Gasteiger partial charge is 0.300 e. The molecule has 126 valence electrons. The van der Waals surface area contributed by atoms with E-state index in [1.54, 1.807) is 6.92 Å². The van der Waals surface area contributed by atoms with Crippen molar-refractivity contribution in [3.63, 3.8) is 0 Å². The number of ketones is 2. The van der Waals surface area contributed by atoms with Gasteiger partial charge in [-0.25, -0.2) is 0 Å². The second-order valence-electron chi connectivity index (χ2n) is 9.25. The second kappa shape index (κ2) is 5.04. The van der Waals surface area contributed by atoms with Crippen LogP contribution >= 0.6 is 0 Å². The summed E-state index contributed by atoms with van der Waals surface area (Å²) < 4.78 is 0. The molecule has 0 aromatic heterocycles. The predicted molar refractivity (Wildman–Crippen MR) is 90.9 cm³/mol. The van der Waals surface area contributed by atoms with Gasteiger partial charge in [-0.1, -0.05) is 19.4 Å².